The molecule has 0 saturated carbocycles. The number of aromatic nitrogens is 1. The van der Waals surface area contributed by atoms with Gasteiger partial charge in [0.2, 0.25) is 0 Å². The second kappa shape index (κ2) is 9.84. The van der Waals surface area contributed by atoms with Gasteiger partial charge in [0.05, 0.1) is 24.5 Å². The highest BCUT2D eigenvalue weighted by Gasteiger charge is 2.14. The van der Waals surface area contributed by atoms with Crippen LogP contribution in [-0.2, 0) is 11.3 Å². The molecule has 1 aliphatic heterocycles. The van der Waals surface area contributed by atoms with Crippen LogP contribution in [0.3, 0.4) is 0 Å². The number of ether oxygens (including phenoxy) is 1. The summed E-state index contributed by atoms with van der Waals surface area (Å²) in [5.41, 5.74) is 8.37. The number of rotatable bonds is 7. The predicted octanol–water partition coefficient (Wildman–Crippen LogP) is 4.17. The molecule has 0 unspecified atom stereocenters. The smallest absolute Gasteiger partial charge is 0.252 e. The van der Waals surface area contributed by atoms with Gasteiger partial charge in [0.25, 0.3) is 5.91 Å². The number of anilines is 4. The van der Waals surface area contributed by atoms with E-state index in [1.54, 1.807) is 12.1 Å². The van der Waals surface area contributed by atoms with Gasteiger partial charge >= 0.3 is 0 Å². The highest BCUT2D eigenvalue weighted by molar-refractivity contribution is 6.31. The van der Waals surface area contributed by atoms with E-state index in [9.17, 15) is 9.18 Å². The van der Waals surface area contributed by atoms with Gasteiger partial charge in [-0.25, -0.2) is 9.37 Å². The molecule has 1 aromatic heterocycles. The van der Waals surface area contributed by atoms with Gasteiger partial charge in [-0.05, 0) is 36.4 Å². The molecule has 4 N–H and O–H groups in total. The van der Waals surface area contributed by atoms with Crippen LogP contribution >= 0.6 is 11.6 Å². The fraction of sp³-hybridized carbons (Fsp3) is 0.217. The molecule has 9 heteroatoms. The number of primary amides is 1. The summed E-state index contributed by atoms with van der Waals surface area (Å²) in [5.74, 6) is -0.560. The molecule has 2 heterocycles. The monoisotopic (exact) mass is 455 g/mol. The lowest BCUT2D eigenvalue weighted by Gasteiger charge is -2.28. The summed E-state index contributed by atoms with van der Waals surface area (Å²) in [4.78, 5) is 18.4. The lowest BCUT2D eigenvalue weighted by atomic mass is 10.1. The topological polar surface area (TPSA) is 92.5 Å². The van der Waals surface area contributed by atoms with Crippen LogP contribution in [-0.4, -0.2) is 37.2 Å². The second-order valence-electron chi connectivity index (χ2n) is 7.30. The first-order valence-corrected chi connectivity index (χ1v) is 10.6. The van der Waals surface area contributed by atoms with Crippen molar-refractivity contribution in [1.82, 2.24) is 4.98 Å². The summed E-state index contributed by atoms with van der Waals surface area (Å²) in [6.07, 6.45) is 1.39. The number of pyridine rings is 1. The number of morpholine rings is 1. The first kappa shape index (κ1) is 21.9. The Balaban J connectivity index is 1.50. The minimum absolute atomic E-state index is 0.0868. The summed E-state index contributed by atoms with van der Waals surface area (Å²) >= 11 is 6.10. The largest absolute Gasteiger partial charge is 0.380 e. The fourth-order valence-corrected chi connectivity index (χ4v) is 3.71. The Bertz CT molecular complexity index is 1080. The summed E-state index contributed by atoms with van der Waals surface area (Å²) in [5, 5.41) is 6.56. The molecule has 0 radical (unpaired) electrons. The van der Waals surface area contributed by atoms with Gasteiger partial charge in [-0.3, -0.25) is 4.79 Å². The zero-order chi connectivity index (χ0) is 22.5. The third-order valence-electron chi connectivity index (χ3n) is 5.20. The number of benzene rings is 2. The lowest BCUT2D eigenvalue weighted by Crippen LogP contribution is -2.36. The van der Waals surface area contributed by atoms with Crippen molar-refractivity contribution >= 4 is 40.4 Å². The molecule has 166 valence electrons. The molecule has 1 aliphatic rings. The maximum absolute atomic E-state index is 14.1. The number of carbonyl (C=O) groups is 1. The second-order valence-corrected chi connectivity index (χ2v) is 7.71. The van der Waals surface area contributed by atoms with Gasteiger partial charge in [-0.2, -0.15) is 0 Å². The average molecular weight is 456 g/mol. The molecular weight excluding hydrogens is 433 g/mol. The molecule has 1 saturated heterocycles. The number of hydrogen-bond donors (Lipinski definition) is 3. The molecule has 4 rings (SSSR count). The van der Waals surface area contributed by atoms with E-state index >= 15 is 0 Å². The zero-order valence-electron chi connectivity index (χ0n) is 17.3. The average Bonchev–Trinajstić information content (AvgIpc) is 2.80. The van der Waals surface area contributed by atoms with Gasteiger partial charge in [0.15, 0.2) is 0 Å². The van der Waals surface area contributed by atoms with Gasteiger partial charge in [0, 0.05) is 53.9 Å². The van der Waals surface area contributed by atoms with Crippen molar-refractivity contribution in [2.75, 3.05) is 41.8 Å². The molecule has 0 atom stereocenters. The molecular formula is C23H23ClFN5O2. The highest BCUT2D eigenvalue weighted by Crippen LogP contribution is 2.26. The fourth-order valence-electron chi connectivity index (χ4n) is 3.48. The SMILES string of the molecule is NC(=O)c1cnc(Nc2ccc(N3CCOCC3)cc2)cc1NCc1c(F)cccc1Cl. The number of nitrogens with zero attached hydrogens (tertiary/aromatic N) is 2. The Labute approximate surface area is 190 Å². The first-order valence-electron chi connectivity index (χ1n) is 10.2. The highest BCUT2D eigenvalue weighted by atomic mass is 35.5. The summed E-state index contributed by atoms with van der Waals surface area (Å²) in [6.45, 7) is 3.27. The third kappa shape index (κ3) is 5.09. The molecule has 32 heavy (non-hydrogen) atoms. The van der Waals surface area contributed by atoms with Gasteiger partial charge in [-0.15, -0.1) is 0 Å². The van der Waals surface area contributed by atoms with Crippen LogP contribution in [0.1, 0.15) is 15.9 Å². The predicted molar refractivity (Wildman–Crippen MR) is 124 cm³/mol. The quantitative estimate of drug-likeness (QED) is 0.495. The number of amides is 1. The summed E-state index contributed by atoms with van der Waals surface area (Å²) in [6, 6.07) is 14.1. The van der Waals surface area contributed by atoms with Crippen molar-refractivity contribution in [3.05, 3.63) is 76.7 Å². The van der Waals surface area contributed by atoms with E-state index in [0.717, 1.165) is 37.7 Å². The number of halogens is 2. The van der Waals surface area contributed by atoms with Crippen LogP contribution < -0.4 is 21.3 Å². The van der Waals surface area contributed by atoms with Crippen molar-refractivity contribution in [3.63, 3.8) is 0 Å². The standard InChI is InChI=1S/C23H23ClFN5O2/c24-19-2-1-3-20(25)17(19)13-27-21-12-22(28-14-18(21)23(26)31)29-15-4-6-16(7-5-15)30-8-10-32-11-9-30/h1-7,12,14H,8-11,13H2,(H2,26,31)(H2,27,28,29). The maximum Gasteiger partial charge on any atom is 0.252 e. The number of carbonyl (C=O) groups excluding carboxylic acids is 1. The van der Waals surface area contributed by atoms with E-state index in [1.807, 2.05) is 24.3 Å². The van der Waals surface area contributed by atoms with E-state index in [0.29, 0.717) is 22.1 Å². The van der Waals surface area contributed by atoms with E-state index in [2.05, 4.69) is 20.5 Å². The van der Waals surface area contributed by atoms with Crippen molar-refractivity contribution < 1.29 is 13.9 Å². The van der Waals surface area contributed by atoms with E-state index in [1.165, 1.54) is 18.3 Å². The molecule has 0 aliphatic carbocycles. The molecule has 0 bridgehead atoms. The Morgan fingerprint density at radius 1 is 1.19 bits per heavy atom. The molecule has 1 fully saturated rings. The third-order valence-corrected chi connectivity index (χ3v) is 5.56. The first-order chi connectivity index (χ1) is 15.5. The molecule has 2 aromatic carbocycles. The molecule has 0 spiro atoms. The Morgan fingerprint density at radius 2 is 1.94 bits per heavy atom. The Morgan fingerprint density at radius 3 is 2.62 bits per heavy atom. The minimum Gasteiger partial charge on any atom is -0.380 e. The van der Waals surface area contributed by atoms with Gasteiger partial charge < -0.3 is 26.0 Å². The number of nitrogens with one attached hydrogen (secondary N) is 2. The van der Waals surface area contributed by atoms with Crippen LogP contribution in [0.2, 0.25) is 5.02 Å². The van der Waals surface area contributed by atoms with Crippen LogP contribution in [0.25, 0.3) is 0 Å². The zero-order valence-corrected chi connectivity index (χ0v) is 18.0. The van der Waals surface area contributed by atoms with E-state index in [4.69, 9.17) is 22.1 Å². The molecule has 1 amide bonds. The van der Waals surface area contributed by atoms with Gasteiger partial charge in [-0.1, -0.05) is 17.7 Å². The van der Waals surface area contributed by atoms with Gasteiger partial charge in [0.1, 0.15) is 11.6 Å². The number of hydrogen-bond acceptors (Lipinski definition) is 6. The van der Waals surface area contributed by atoms with Crippen molar-refractivity contribution in [2.45, 2.75) is 6.54 Å². The summed E-state index contributed by atoms with van der Waals surface area (Å²) in [7, 11) is 0. The van der Waals surface area contributed by atoms with E-state index in [-0.39, 0.29) is 12.1 Å². The minimum atomic E-state index is -0.638. The Hall–Kier alpha value is -3.36. The number of nitrogens with two attached hydrogens (primary N) is 1. The molecule has 7 nitrogen and oxygen atoms in total. The van der Waals surface area contributed by atoms with Crippen LogP contribution in [0.4, 0.5) is 27.3 Å². The van der Waals surface area contributed by atoms with Crippen LogP contribution in [0, 0.1) is 5.82 Å². The molecule has 3 aromatic rings. The van der Waals surface area contributed by atoms with E-state index < -0.39 is 11.7 Å². The summed E-state index contributed by atoms with van der Waals surface area (Å²) < 4.78 is 19.5. The van der Waals surface area contributed by atoms with Crippen molar-refractivity contribution in [3.8, 4) is 0 Å². The van der Waals surface area contributed by atoms with Crippen molar-refractivity contribution in [1.29, 1.82) is 0 Å². The normalized spacial score (nSPS) is 13.6. The Kier molecular flexibility index (Phi) is 6.72. The van der Waals surface area contributed by atoms with Crippen molar-refractivity contribution in [2.24, 2.45) is 5.73 Å². The van der Waals surface area contributed by atoms with Crippen LogP contribution in [0.5, 0.6) is 0 Å². The maximum atomic E-state index is 14.1. The van der Waals surface area contributed by atoms with Crippen LogP contribution in [0.15, 0.2) is 54.7 Å². The lowest BCUT2D eigenvalue weighted by molar-refractivity contribution is 0.100.